The Bertz CT molecular complexity index is 1330. The third-order valence-corrected chi connectivity index (χ3v) is 5.16. The second-order valence-corrected chi connectivity index (χ2v) is 6.88. The van der Waals surface area contributed by atoms with E-state index in [1.807, 2.05) is 97.1 Å². The smallest absolute Gasteiger partial charge is 0.101 e. The highest BCUT2D eigenvalue weighted by atomic mass is 15.1. The fourth-order valence-corrected chi connectivity index (χ4v) is 3.85. The number of fused-ring (bicyclic) bond motifs is 1. The maximum absolute atomic E-state index is 10.2. The first-order valence-corrected chi connectivity index (χ1v) is 9.48. The van der Waals surface area contributed by atoms with Crippen molar-refractivity contribution in [2.75, 3.05) is 0 Å². The molecule has 0 radical (unpaired) electrons. The Morgan fingerprint density at radius 3 is 1.83 bits per heavy atom. The van der Waals surface area contributed by atoms with Crippen LogP contribution < -0.4 is 0 Å². The van der Waals surface area contributed by atoms with Crippen LogP contribution in [0.25, 0.3) is 44.4 Å². The minimum absolute atomic E-state index is 0.661. The van der Waals surface area contributed by atoms with Gasteiger partial charge in [-0.1, -0.05) is 91.0 Å². The summed E-state index contributed by atoms with van der Waals surface area (Å²) in [6.07, 6.45) is 0. The molecule has 1 N–H and O–H groups in total. The van der Waals surface area contributed by atoms with Crippen molar-refractivity contribution in [2.24, 2.45) is 0 Å². The van der Waals surface area contributed by atoms with Crippen molar-refractivity contribution in [3.05, 3.63) is 103 Å². The molecule has 5 aromatic rings. The van der Waals surface area contributed by atoms with Gasteiger partial charge in [0.1, 0.15) is 11.8 Å². The van der Waals surface area contributed by atoms with Gasteiger partial charge < -0.3 is 0 Å². The SMILES string of the molecule is N#Cc1c(-c2ccccc2)cc2[nH]nc(-c3ccccc3)c2c1-c1ccccc1. The van der Waals surface area contributed by atoms with E-state index in [1.54, 1.807) is 0 Å². The van der Waals surface area contributed by atoms with Gasteiger partial charge in [-0.15, -0.1) is 0 Å². The minimum atomic E-state index is 0.661. The van der Waals surface area contributed by atoms with Crippen LogP contribution in [0.2, 0.25) is 0 Å². The maximum atomic E-state index is 10.2. The highest BCUT2D eigenvalue weighted by Crippen LogP contribution is 2.41. The lowest BCUT2D eigenvalue weighted by Gasteiger charge is -2.13. The van der Waals surface area contributed by atoms with E-state index in [2.05, 4.69) is 16.3 Å². The number of nitrogens with zero attached hydrogens (tertiary/aromatic N) is 2. The molecule has 5 rings (SSSR count). The predicted octanol–water partition coefficient (Wildman–Crippen LogP) is 6.44. The summed E-state index contributed by atoms with van der Waals surface area (Å²) in [5.41, 5.74) is 7.29. The lowest BCUT2D eigenvalue weighted by atomic mass is 9.88. The van der Waals surface area contributed by atoms with E-state index < -0.39 is 0 Å². The highest BCUT2D eigenvalue weighted by Gasteiger charge is 2.21. The molecule has 0 saturated carbocycles. The van der Waals surface area contributed by atoms with Crippen molar-refractivity contribution in [1.82, 2.24) is 10.2 Å². The molecule has 29 heavy (non-hydrogen) atoms. The first-order chi connectivity index (χ1) is 14.4. The lowest BCUT2D eigenvalue weighted by Crippen LogP contribution is -1.92. The monoisotopic (exact) mass is 371 g/mol. The number of H-pyrrole nitrogens is 1. The molecule has 4 aromatic carbocycles. The minimum Gasteiger partial charge on any atom is -0.277 e. The molecule has 1 heterocycles. The van der Waals surface area contributed by atoms with Crippen molar-refractivity contribution in [1.29, 1.82) is 5.26 Å². The van der Waals surface area contributed by atoms with Crippen molar-refractivity contribution in [2.45, 2.75) is 0 Å². The van der Waals surface area contributed by atoms with Gasteiger partial charge in [-0.2, -0.15) is 10.4 Å². The summed E-state index contributed by atoms with van der Waals surface area (Å²) in [6.45, 7) is 0. The summed E-state index contributed by atoms with van der Waals surface area (Å²) < 4.78 is 0. The molecule has 0 spiro atoms. The Hall–Kier alpha value is -4.16. The quantitative estimate of drug-likeness (QED) is 0.397. The standard InChI is InChI=1S/C26H17N3/c27-17-22-21(18-10-4-1-5-11-18)16-23-25(24(22)19-12-6-2-7-13-19)26(29-28-23)20-14-8-3-9-15-20/h1-16H,(H,28,29). The van der Waals surface area contributed by atoms with Crippen LogP contribution in [0.1, 0.15) is 5.56 Å². The number of nitriles is 1. The summed E-state index contributed by atoms with van der Waals surface area (Å²) in [5, 5.41) is 19.0. The zero-order valence-electron chi connectivity index (χ0n) is 15.6. The molecule has 0 saturated heterocycles. The number of rotatable bonds is 3. The number of hydrogen-bond donors (Lipinski definition) is 1. The summed E-state index contributed by atoms with van der Waals surface area (Å²) in [7, 11) is 0. The van der Waals surface area contributed by atoms with Gasteiger partial charge in [0.25, 0.3) is 0 Å². The highest BCUT2D eigenvalue weighted by molar-refractivity contribution is 6.08. The Morgan fingerprint density at radius 1 is 0.690 bits per heavy atom. The van der Waals surface area contributed by atoms with Gasteiger partial charge in [0, 0.05) is 22.1 Å². The average molecular weight is 371 g/mol. The van der Waals surface area contributed by atoms with Gasteiger partial charge in [-0.25, -0.2) is 0 Å². The van der Waals surface area contributed by atoms with Gasteiger partial charge in [0.15, 0.2) is 0 Å². The van der Waals surface area contributed by atoms with Crippen LogP contribution in [0.4, 0.5) is 0 Å². The van der Waals surface area contributed by atoms with E-state index >= 15 is 0 Å². The van der Waals surface area contributed by atoms with Crippen LogP contribution in [-0.2, 0) is 0 Å². The molecule has 0 bridgehead atoms. The summed E-state index contributed by atoms with van der Waals surface area (Å²) >= 11 is 0. The zero-order chi connectivity index (χ0) is 19.6. The van der Waals surface area contributed by atoms with Crippen LogP contribution in [0.5, 0.6) is 0 Å². The summed E-state index contributed by atoms with van der Waals surface area (Å²) in [4.78, 5) is 0. The Morgan fingerprint density at radius 2 is 1.24 bits per heavy atom. The molecule has 3 nitrogen and oxygen atoms in total. The van der Waals surface area contributed by atoms with E-state index in [-0.39, 0.29) is 0 Å². The van der Waals surface area contributed by atoms with Gasteiger partial charge in [0.2, 0.25) is 0 Å². The molecule has 0 aliphatic carbocycles. The molecule has 0 unspecified atom stereocenters. The molecule has 3 heteroatoms. The number of nitrogens with one attached hydrogen (secondary N) is 1. The second kappa shape index (κ2) is 7.10. The van der Waals surface area contributed by atoms with Gasteiger partial charge in [-0.05, 0) is 17.2 Å². The van der Waals surface area contributed by atoms with E-state index in [1.165, 1.54) is 0 Å². The molecular formula is C26H17N3. The average Bonchev–Trinajstić information content (AvgIpc) is 3.23. The Kier molecular flexibility index (Phi) is 4.16. The topological polar surface area (TPSA) is 52.5 Å². The van der Waals surface area contributed by atoms with Crippen LogP contribution >= 0.6 is 0 Å². The van der Waals surface area contributed by atoms with Crippen LogP contribution in [-0.4, -0.2) is 10.2 Å². The molecule has 0 amide bonds. The van der Waals surface area contributed by atoms with Crippen LogP contribution in [0.3, 0.4) is 0 Å². The lowest BCUT2D eigenvalue weighted by molar-refractivity contribution is 1.12. The Balaban J connectivity index is 1.92. The molecular weight excluding hydrogens is 354 g/mol. The van der Waals surface area contributed by atoms with Crippen LogP contribution in [0.15, 0.2) is 97.1 Å². The van der Waals surface area contributed by atoms with Crippen molar-refractivity contribution in [3.8, 4) is 39.6 Å². The van der Waals surface area contributed by atoms with Crippen molar-refractivity contribution < 1.29 is 0 Å². The van der Waals surface area contributed by atoms with E-state index in [4.69, 9.17) is 0 Å². The van der Waals surface area contributed by atoms with Gasteiger partial charge in [-0.3, -0.25) is 5.10 Å². The molecule has 0 aliphatic heterocycles. The van der Waals surface area contributed by atoms with Crippen molar-refractivity contribution >= 4 is 10.9 Å². The number of aromatic amines is 1. The molecule has 136 valence electrons. The molecule has 1 aromatic heterocycles. The van der Waals surface area contributed by atoms with E-state index in [0.717, 1.165) is 44.4 Å². The number of benzene rings is 4. The third-order valence-electron chi connectivity index (χ3n) is 5.16. The first kappa shape index (κ1) is 17.0. The van der Waals surface area contributed by atoms with Crippen LogP contribution in [0, 0.1) is 11.3 Å². The first-order valence-electron chi connectivity index (χ1n) is 9.48. The van der Waals surface area contributed by atoms with E-state index in [0.29, 0.717) is 5.56 Å². The largest absolute Gasteiger partial charge is 0.277 e. The Labute approximate surface area is 168 Å². The third kappa shape index (κ3) is 2.88. The predicted molar refractivity (Wildman–Crippen MR) is 117 cm³/mol. The van der Waals surface area contributed by atoms with Gasteiger partial charge >= 0.3 is 0 Å². The number of aromatic nitrogens is 2. The van der Waals surface area contributed by atoms with Crippen molar-refractivity contribution in [3.63, 3.8) is 0 Å². The normalized spacial score (nSPS) is 10.7. The molecule has 0 atom stereocenters. The molecule has 0 fully saturated rings. The second-order valence-electron chi connectivity index (χ2n) is 6.88. The van der Waals surface area contributed by atoms with E-state index in [9.17, 15) is 5.26 Å². The fraction of sp³-hybridized carbons (Fsp3) is 0. The zero-order valence-corrected chi connectivity index (χ0v) is 15.6. The van der Waals surface area contributed by atoms with Gasteiger partial charge in [0.05, 0.1) is 11.1 Å². The molecule has 0 aliphatic rings. The number of hydrogen-bond acceptors (Lipinski definition) is 2. The fourth-order valence-electron chi connectivity index (χ4n) is 3.85. The summed E-state index contributed by atoms with van der Waals surface area (Å²) in [6, 6.07) is 34.7. The summed E-state index contributed by atoms with van der Waals surface area (Å²) in [5.74, 6) is 0. The maximum Gasteiger partial charge on any atom is 0.101 e.